The molecule has 0 bridgehead atoms. The smallest absolute Gasteiger partial charge is 0.131 e. The molecule has 3 heteroatoms. The van der Waals surface area contributed by atoms with Crippen LogP contribution in [0.5, 0.6) is 5.75 Å². The average Bonchev–Trinajstić information content (AvgIpc) is 2.79. The minimum absolute atomic E-state index is 0.697. The summed E-state index contributed by atoms with van der Waals surface area (Å²) in [6, 6.07) is 14.7. The summed E-state index contributed by atoms with van der Waals surface area (Å²) >= 11 is 0. The lowest BCUT2D eigenvalue weighted by Crippen LogP contribution is -2.16. The summed E-state index contributed by atoms with van der Waals surface area (Å²) in [4.78, 5) is 4.39. The van der Waals surface area contributed by atoms with Crippen LogP contribution in [0.1, 0.15) is 5.56 Å². The Morgan fingerprint density at radius 2 is 1.90 bits per heavy atom. The molecule has 4 rings (SSSR count). The molecule has 0 saturated heterocycles. The van der Waals surface area contributed by atoms with Crippen molar-refractivity contribution >= 4 is 10.8 Å². The van der Waals surface area contributed by atoms with E-state index in [1.807, 2.05) is 18.5 Å². The van der Waals surface area contributed by atoms with Crippen molar-refractivity contribution in [1.82, 2.24) is 10.3 Å². The molecule has 2 aromatic carbocycles. The highest BCUT2D eigenvalue weighted by molar-refractivity contribution is 5.97. The Morgan fingerprint density at radius 3 is 2.90 bits per heavy atom. The van der Waals surface area contributed by atoms with Crippen LogP contribution in [0.3, 0.4) is 0 Å². The Labute approximate surface area is 123 Å². The summed E-state index contributed by atoms with van der Waals surface area (Å²) in [6.07, 6.45) is 3.84. The highest BCUT2D eigenvalue weighted by Gasteiger charge is 2.15. The number of benzene rings is 2. The Hall–Kier alpha value is -2.39. The van der Waals surface area contributed by atoms with Crippen LogP contribution in [-0.2, 0) is 6.54 Å². The molecule has 1 aliphatic heterocycles. The van der Waals surface area contributed by atoms with Gasteiger partial charge in [0.15, 0.2) is 0 Å². The molecule has 0 saturated carbocycles. The van der Waals surface area contributed by atoms with Gasteiger partial charge in [-0.2, -0.15) is 0 Å². The molecule has 1 aliphatic rings. The van der Waals surface area contributed by atoms with E-state index in [1.165, 1.54) is 10.9 Å². The lowest BCUT2D eigenvalue weighted by atomic mass is 9.98. The zero-order chi connectivity index (χ0) is 14.1. The normalized spacial score (nSPS) is 14.3. The van der Waals surface area contributed by atoms with Crippen LogP contribution in [0.15, 0.2) is 54.9 Å². The summed E-state index contributed by atoms with van der Waals surface area (Å²) < 4.78 is 5.99. The van der Waals surface area contributed by atoms with Gasteiger partial charge in [-0.05, 0) is 5.39 Å². The van der Waals surface area contributed by atoms with Crippen molar-refractivity contribution in [2.75, 3.05) is 13.2 Å². The quantitative estimate of drug-likeness (QED) is 0.740. The second-order valence-corrected chi connectivity index (χ2v) is 5.23. The standard InChI is InChI=1S/C18H16N2O/c1-2-6-15-13(4-1)10-20-12-17(15)16-7-3-5-14-11-19-8-9-21-18(14)16/h1-7,10,12,19H,8-9,11H2. The van der Waals surface area contributed by atoms with E-state index in [-0.39, 0.29) is 0 Å². The van der Waals surface area contributed by atoms with E-state index >= 15 is 0 Å². The second-order valence-electron chi connectivity index (χ2n) is 5.23. The van der Waals surface area contributed by atoms with Crippen LogP contribution in [-0.4, -0.2) is 18.1 Å². The second kappa shape index (κ2) is 5.19. The van der Waals surface area contributed by atoms with Gasteiger partial charge in [-0.25, -0.2) is 0 Å². The molecule has 3 nitrogen and oxygen atoms in total. The number of rotatable bonds is 1. The van der Waals surface area contributed by atoms with E-state index in [2.05, 4.69) is 46.7 Å². The van der Waals surface area contributed by atoms with Crippen molar-refractivity contribution in [1.29, 1.82) is 0 Å². The number of aromatic nitrogens is 1. The molecule has 2 heterocycles. The van der Waals surface area contributed by atoms with Gasteiger partial charge in [0.25, 0.3) is 0 Å². The predicted molar refractivity (Wildman–Crippen MR) is 84.4 cm³/mol. The number of hydrogen-bond acceptors (Lipinski definition) is 3. The number of nitrogens with one attached hydrogen (secondary N) is 1. The number of hydrogen-bond donors (Lipinski definition) is 1. The number of para-hydroxylation sites is 1. The molecular weight excluding hydrogens is 260 g/mol. The van der Waals surface area contributed by atoms with Crippen molar-refractivity contribution in [2.24, 2.45) is 0 Å². The molecule has 0 fully saturated rings. The van der Waals surface area contributed by atoms with Gasteiger partial charge in [0.1, 0.15) is 12.4 Å². The van der Waals surface area contributed by atoms with Gasteiger partial charge >= 0.3 is 0 Å². The summed E-state index contributed by atoms with van der Waals surface area (Å²) in [7, 11) is 0. The van der Waals surface area contributed by atoms with Crippen LogP contribution in [0, 0.1) is 0 Å². The number of ether oxygens (including phenoxy) is 1. The maximum Gasteiger partial charge on any atom is 0.131 e. The number of nitrogens with zero attached hydrogens (tertiary/aromatic N) is 1. The van der Waals surface area contributed by atoms with Gasteiger partial charge < -0.3 is 10.1 Å². The molecule has 1 aromatic heterocycles. The van der Waals surface area contributed by atoms with E-state index in [4.69, 9.17) is 4.74 Å². The first-order chi connectivity index (χ1) is 10.4. The highest BCUT2D eigenvalue weighted by Crippen LogP contribution is 2.37. The average molecular weight is 276 g/mol. The molecule has 0 atom stereocenters. The molecule has 21 heavy (non-hydrogen) atoms. The summed E-state index contributed by atoms with van der Waals surface area (Å²) in [6.45, 7) is 2.42. The molecule has 0 radical (unpaired) electrons. The van der Waals surface area contributed by atoms with Gasteiger partial charge in [0, 0.05) is 47.6 Å². The van der Waals surface area contributed by atoms with Crippen LogP contribution in [0.2, 0.25) is 0 Å². The van der Waals surface area contributed by atoms with E-state index in [0.29, 0.717) is 6.61 Å². The molecule has 1 N–H and O–H groups in total. The van der Waals surface area contributed by atoms with Crippen LogP contribution in [0.25, 0.3) is 21.9 Å². The van der Waals surface area contributed by atoms with Gasteiger partial charge in [-0.1, -0.05) is 42.5 Å². The van der Waals surface area contributed by atoms with Crippen molar-refractivity contribution in [3.8, 4) is 16.9 Å². The Balaban J connectivity index is 1.97. The third-order valence-corrected chi connectivity index (χ3v) is 3.90. The van der Waals surface area contributed by atoms with Crippen molar-refractivity contribution in [3.05, 3.63) is 60.4 Å². The SMILES string of the molecule is c1cc2c(c(-c3cncc4ccccc34)c1)OCCNC2. The molecule has 3 aromatic rings. The van der Waals surface area contributed by atoms with Gasteiger partial charge in [0.05, 0.1) is 0 Å². The Bertz CT molecular complexity index is 793. The van der Waals surface area contributed by atoms with E-state index in [1.54, 1.807) is 0 Å². The summed E-state index contributed by atoms with van der Waals surface area (Å²) in [5.41, 5.74) is 3.46. The molecule has 0 aliphatic carbocycles. The third kappa shape index (κ3) is 2.16. The fraction of sp³-hybridized carbons (Fsp3) is 0.167. The summed E-state index contributed by atoms with van der Waals surface area (Å²) in [5.74, 6) is 0.987. The zero-order valence-electron chi connectivity index (χ0n) is 11.7. The van der Waals surface area contributed by atoms with E-state index < -0.39 is 0 Å². The molecule has 0 amide bonds. The van der Waals surface area contributed by atoms with Crippen molar-refractivity contribution in [3.63, 3.8) is 0 Å². The molecule has 104 valence electrons. The minimum atomic E-state index is 0.697. The van der Waals surface area contributed by atoms with Crippen LogP contribution >= 0.6 is 0 Å². The molecular formula is C18H16N2O. The minimum Gasteiger partial charge on any atom is -0.491 e. The topological polar surface area (TPSA) is 34.1 Å². The lowest BCUT2D eigenvalue weighted by molar-refractivity contribution is 0.327. The monoisotopic (exact) mass is 276 g/mol. The first kappa shape index (κ1) is 12.4. The fourth-order valence-corrected chi connectivity index (χ4v) is 2.89. The zero-order valence-corrected chi connectivity index (χ0v) is 11.7. The lowest BCUT2D eigenvalue weighted by Gasteiger charge is -2.14. The third-order valence-electron chi connectivity index (χ3n) is 3.90. The Morgan fingerprint density at radius 1 is 0.952 bits per heavy atom. The van der Waals surface area contributed by atoms with E-state index in [0.717, 1.165) is 35.4 Å². The maximum absolute atomic E-state index is 5.99. The van der Waals surface area contributed by atoms with Crippen molar-refractivity contribution < 1.29 is 4.74 Å². The maximum atomic E-state index is 5.99. The first-order valence-electron chi connectivity index (χ1n) is 7.22. The van der Waals surface area contributed by atoms with Crippen LogP contribution in [0.4, 0.5) is 0 Å². The van der Waals surface area contributed by atoms with Crippen molar-refractivity contribution in [2.45, 2.75) is 6.54 Å². The largest absolute Gasteiger partial charge is 0.491 e. The Kier molecular flexibility index (Phi) is 3.05. The molecule has 0 spiro atoms. The highest BCUT2D eigenvalue weighted by atomic mass is 16.5. The van der Waals surface area contributed by atoms with Gasteiger partial charge in [-0.3, -0.25) is 4.98 Å². The first-order valence-corrected chi connectivity index (χ1v) is 7.22. The summed E-state index contributed by atoms with van der Waals surface area (Å²) in [5, 5.41) is 5.74. The fourth-order valence-electron chi connectivity index (χ4n) is 2.89. The van der Waals surface area contributed by atoms with Gasteiger partial charge in [0.2, 0.25) is 0 Å². The predicted octanol–water partition coefficient (Wildman–Crippen LogP) is 3.38. The van der Waals surface area contributed by atoms with E-state index in [9.17, 15) is 0 Å². The number of fused-ring (bicyclic) bond motifs is 2. The van der Waals surface area contributed by atoms with Gasteiger partial charge in [-0.15, -0.1) is 0 Å². The molecule has 0 unspecified atom stereocenters. The number of pyridine rings is 1. The van der Waals surface area contributed by atoms with Crippen LogP contribution < -0.4 is 10.1 Å².